The van der Waals surface area contributed by atoms with Crippen LogP contribution in [0.3, 0.4) is 0 Å². The molecule has 0 aliphatic rings. The number of fused-ring (bicyclic) bond motifs is 1. The van der Waals surface area contributed by atoms with Crippen molar-refractivity contribution in [2.45, 2.75) is 83.0 Å². The highest BCUT2D eigenvalue weighted by atomic mass is 32.2. The Bertz CT molecular complexity index is 1110. The number of thioether (sulfide) groups is 1. The molecule has 1 atom stereocenters. The van der Waals surface area contributed by atoms with E-state index >= 15 is 0 Å². The van der Waals surface area contributed by atoms with Crippen molar-refractivity contribution in [1.82, 2.24) is 29.7 Å². The number of amides is 3. The molecule has 0 spiro atoms. The van der Waals surface area contributed by atoms with Crippen LogP contribution in [-0.4, -0.2) is 42.8 Å². The second-order valence-electron chi connectivity index (χ2n) is 7.86. The molecular weight excluding hydrogens is 444 g/mol. The topological polar surface area (TPSA) is 128 Å². The molecule has 0 saturated heterocycles. The molecule has 0 aliphatic carbocycles. The van der Waals surface area contributed by atoms with E-state index < -0.39 is 28.4 Å². The van der Waals surface area contributed by atoms with Gasteiger partial charge in [0.05, 0.1) is 5.25 Å². The standard InChI is InChI=1S/C22H34N6O4S/c1-6-9-10-11-12-15-24-17-16(20(30)27(5)22(32)28(17)13-7-2)19(25-15)33-14(4)18(29)26-21(31)23-8-3/h14H,6-13H2,1-5H3,(H2,23,26,29,31). The molecule has 2 aromatic heterocycles. The second-order valence-corrected chi connectivity index (χ2v) is 9.19. The first kappa shape index (κ1) is 26.6. The van der Waals surface area contributed by atoms with Crippen molar-refractivity contribution in [2.24, 2.45) is 7.05 Å². The van der Waals surface area contributed by atoms with E-state index in [1.54, 1.807) is 13.8 Å². The van der Waals surface area contributed by atoms with E-state index in [0.29, 0.717) is 42.4 Å². The Hall–Kier alpha value is -2.69. The number of carbonyl (C=O) groups excluding carboxylic acids is 2. The van der Waals surface area contributed by atoms with Gasteiger partial charge in [-0.05, 0) is 26.7 Å². The highest BCUT2D eigenvalue weighted by Crippen LogP contribution is 2.27. The minimum atomic E-state index is -0.699. The first-order valence-electron chi connectivity index (χ1n) is 11.5. The number of unbranched alkanes of at least 4 members (excludes halogenated alkanes) is 3. The van der Waals surface area contributed by atoms with Crippen LogP contribution < -0.4 is 21.9 Å². The smallest absolute Gasteiger partial charge is 0.332 e. The number of carbonyl (C=O) groups is 2. The molecule has 0 saturated carbocycles. The van der Waals surface area contributed by atoms with Gasteiger partial charge < -0.3 is 5.32 Å². The molecule has 3 amide bonds. The summed E-state index contributed by atoms with van der Waals surface area (Å²) < 4.78 is 2.54. The summed E-state index contributed by atoms with van der Waals surface area (Å²) in [4.78, 5) is 59.3. The number of imide groups is 1. The van der Waals surface area contributed by atoms with Gasteiger partial charge in [-0.2, -0.15) is 0 Å². The monoisotopic (exact) mass is 478 g/mol. The van der Waals surface area contributed by atoms with Crippen LogP contribution in [0.2, 0.25) is 0 Å². The maximum Gasteiger partial charge on any atom is 0.332 e. The Kier molecular flexibility index (Phi) is 10.1. The van der Waals surface area contributed by atoms with E-state index in [9.17, 15) is 19.2 Å². The zero-order valence-electron chi connectivity index (χ0n) is 20.1. The van der Waals surface area contributed by atoms with Gasteiger partial charge in [0.2, 0.25) is 5.91 Å². The maximum atomic E-state index is 13.0. The average Bonchev–Trinajstić information content (AvgIpc) is 2.78. The lowest BCUT2D eigenvalue weighted by atomic mass is 10.1. The minimum Gasteiger partial charge on any atom is -0.338 e. The van der Waals surface area contributed by atoms with Crippen LogP contribution in [0, 0.1) is 0 Å². The Morgan fingerprint density at radius 3 is 2.42 bits per heavy atom. The maximum absolute atomic E-state index is 13.0. The molecule has 2 aromatic rings. The molecule has 182 valence electrons. The van der Waals surface area contributed by atoms with Crippen LogP contribution >= 0.6 is 11.8 Å². The van der Waals surface area contributed by atoms with Gasteiger partial charge in [0.15, 0.2) is 5.65 Å². The van der Waals surface area contributed by atoms with Crippen molar-refractivity contribution in [3.8, 4) is 0 Å². The highest BCUT2D eigenvalue weighted by molar-refractivity contribution is 8.00. The Morgan fingerprint density at radius 1 is 1.06 bits per heavy atom. The molecule has 33 heavy (non-hydrogen) atoms. The van der Waals surface area contributed by atoms with Crippen molar-refractivity contribution in [1.29, 1.82) is 0 Å². The third-order valence-corrected chi connectivity index (χ3v) is 6.21. The number of nitrogens with one attached hydrogen (secondary N) is 2. The highest BCUT2D eigenvalue weighted by Gasteiger charge is 2.23. The quantitative estimate of drug-likeness (QED) is 0.288. The lowest BCUT2D eigenvalue weighted by molar-refractivity contribution is -0.119. The predicted octanol–water partition coefficient (Wildman–Crippen LogP) is 2.35. The van der Waals surface area contributed by atoms with E-state index in [2.05, 4.69) is 27.5 Å². The molecule has 0 aliphatic heterocycles. The van der Waals surface area contributed by atoms with Gasteiger partial charge in [0.25, 0.3) is 5.56 Å². The largest absolute Gasteiger partial charge is 0.338 e. The normalized spacial score (nSPS) is 12.0. The predicted molar refractivity (Wildman–Crippen MR) is 130 cm³/mol. The Balaban J connectivity index is 2.55. The molecule has 2 N–H and O–H groups in total. The van der Waals surface area contributed by atoms with E-state index in [-0.39, 0.29) is 5.39 Å². The van der Waals surface area contributed by atoms with Crippen molar-refractivity contribution in [3.05, 3.63) is 26.7 Å². The average molecular weight is 479 g/mol. The molecule has 2 rings (SSSR count). The van der Waals surface area contributed by atoms with Crippen LogP contribution in [0.15, 0.2) is 14.6 Å². The summed E-state index contributed by atoms with van der Waals surface area (Å²) >= 11 is 1.08. The number of nitrogens with zero attached hydrogens (tertiary/aromatic N) is 4. The molecule has 11 heteroatoms. The first-order chi connectivity index (χ1) is 15.7. The zero-order chi connectivity index (χ0) is 24.5. The third kappa shape index (κ3) is 6.66. The van der Waals surface area contributed by atoms with Gasteiger partial charge in [-0.3, -0.25) is 24.0 Å². The number of rotatable bonds is 11. The fraction of sp³-hybridized carbons (Fsp3) is 0.636. The van der Waals surface area contributed by atoms with Crippen molar-refractivity contribution >= 4 is 34.7 Å². The summed E-state index contributed by atoms with van der Waals surface area (Å²) in [5, 5.41) is 4.66. The summed E-state index contributed by atoms with van der Waals surface area (Å²) in [6.45, 7) is 8.27. The fourth-order valence-corrected chi connectivity index (χ4v) is 4.31. The van der Waals surface area contributed by atoms with Crippen LogP contribution in [0.5, 0.6) is 0 Å². The molecule has 2 heterocycles. The molecule has 0 radical (unpaired) electrons. The van der Waals surface area contributed by atoms with E-state index in [4.69, 9.17) is 0 Å². The van der Waals surface area contributed by atoms with Crippen LogP contribution in [0.25, 0.3) is 11.0 Å². The number of hydrogen-bond acceptors (Lipinski definition) is 7. The number of hydrogen-bond donors (Lipinski definition) is 2. The molecule has 0 fully saturated rings. The summed E-state index contributed by atoms with van der Waals surface area (Å²) in [5.74, 6) is 0.0378. The first-order valence-corrected chi connectivity index (χ1v) is 12.4. The molecule has 0 bridgehead atoms. The van der Waals surface area contributed by atoms with Gasteiger partial charge >= 0.3 is 11.7 Å². The van der Waals surface area contributed by atoms with E-state index in [1.807, 2.05) is 6.92 Å². The van der Waals surface area contributed by atoms with Gasteiger partial charge in [0, 0.05) is 26.6 Å². The van der Waals surface area contributed by atoms with Gasteiger partial charge in [-0.15, -0.1) is 0 Å². The zero-order valence-corrected chi connectivity index (χ0v) is 20.9. The van der Waals surface area contributed by atoms with Crippen molar-refractivity contribution < 1.29 is 9.59 Å². The molecular formula is C22H34N6O4S. The SMILES string of the molecule is CCCCCCc1nc(SC(C)C(=O)NC(=O)NCC)c2c(=O)n(C)c(=O)n(CCC)c2n1. The lowest BCUT2D eigenvalue weighted by Gasteiger charge is -2.16. The van der Waals surface area contributed by atoms with Gasteiger partial charge in [-0.1, -0.05) is 44.9 Å². The number of aryl methyl sites for hydroxylation is 2. The minimum absolute atomic E-state index is 0.213. The van der Waals surface area contributed by atoms with Crippen molar-refractivity contribution in [3.63, 3.8) is 0 Å². The van der Waals surface area contributed by atoms with E-state index in [1.165, 1.54) is 11.6 Å². The fourth-order valence-electron chi connectivity index (χ4n) is 3.35. The third-order valence-electron chi connectivity index (χ3n) is 5.13. The summed E-state index contributed by atoms with van der Waals surface area (Å²) in [5.41, 5.74) is -0.633. The summed E-state index contributed by atoms with van der Waals surface area (Å²) in [6, 6.07) is -0.577. The summed E-state index contributed by atoms with van der Waals surface area (Å²) in [7, 11) is 1.43. The van der Waals surface area contributed by atoms with Gasteiger partial charge in [-0.25, -0.2) is 19.6 Å². The Labute approximate surface area is 197 Å². The van der Waals surface area contributed by atoms with Crippen LogP contribution in [0.4, 0.5) is 4.79 Å². The molecule has 10 nitrogen and oxygen atoms in total. The van der Waals surface area contributed by atoms with Gasteiger partial charge in [0.1, 0.15) is 16.2 Å². The van der Waals surface area contributed by atoms with Crippen molar-refractivity contribution in [2.75, 3.05) is 6.54 Å². The Morgan fingerprint density at radius 2 is 1.79 bits per heavy atom. The lowest BCUT2D eigenvalue weighted by Crippen LogP contribution is -2.42. The van der Waals surface area contributed by atoms with Crippen LogP contribution in [-0.2, 0) is 24.8 Å². The number of aromatic nitrogens is 4. The number of urea groups is 1. The molecule has 1 unspecified atom stereocenters. The molecule has 0 aromatic carbocycles. The second kappa shape index (κ2) is 12.5. The summed E-state index contributed by atoms with van der Waals surface area (Å²) in [6.07, 6.45) is 5.43. The van der Waals surface area contributed by atoms with Crippen LogP contribution in [0.1, 0.15) is 65.6 Å². The van der Waals surface area contributed by atoms with E-state index in [0.717, 1.165) is 42.0 Å².